The summed E-state index contributed by atoms with van der Waals surface area (Å²) in [6.07, 6.45) is 6.15. The van der Waals surface area contributed by atoms with Gasteiger partial charge in [0.05, 0.1) is 19.3 Å². The quantitative estimate of drug-likeness (QED) is 0.379. The minimum Gasteiger partial charge on any atom is -0.381 e. The van der Waals surface area contributed by atoms with E-state index in [4.69, 9.17) is 14.2 Å². The van der Waals surface area contributed by atoms with Gasteiger partial charge in [0.15, 0.2) is 0 Å². The van der Waals surface area contributed by atoms with Gasteiger partial charge >= 0.3 is 0 Å². The van der Waals surface area contributed by atoms with Crippen LogP contribution >= 0.6 is 0 Å². The van der Waals surface area contributed by atoms with Crippen molar-refractivity contribution in [1.82, 2.24) is 0 Å². The van der Waals surface area contributed by atoms with Gasteiger partial charge in [0.25, 0.3) is 0 Å². The number of unbranched alkanes of at least 4 members (excludes halogenated alkanes) is 1. The summed E-state index contributed by atoms with van der Waals surface area (Å²) in [5.74, 6) is 1.92. The van der Waals surface area contributed by atoms with Crippen LogP contribution in [0.2, 0.25) is 0 Å². The summed E-state index contributed by atoms with van der Waals surface area (Å²) in [7, 11) is 0. The summed E-state index contributed by atoms with van der Waals surface area (Å²) in [5.41, 5.74) is 1.27. The largest absolute Gasteiger partial charge is 0.381 e. The van der Waals surface area contributed by atoms with E-state index in [0.29, 0.717) is 31.2 Å². The maximum absolute atomic E-state index is 6.09. The average Bonchev–Trinajstić information content (AvgIpc) is 2.48. The fourth-order valence-electron chi connectivity index (χ4n) is 3.16. The molecule has 0 aromatic heterocycles. The Hall–Kier alpha value is -0.380. The van der Waals surface area contributed by atoms with E-state index in [2.05, 4.69) is 34.3 Å². The standard InChI is InChI=1S/C20H38O3/c1-16(2)15-22-11-7-6-10-21-12-13-23-20-14-18(5)8-9-19(20)17(3)4/h16,18-20H,3,6-15H2,1-2,4-5H3. The zero-order chi connectivity index (χ0) is 17.1. The summed E-state index contributed by atoms with van der Waals surface area (Å²) in [6, 6.07) is 0. The van der Waals surface area contributed by atoms with Gasteiger partial charge in [0.1, 0.15) is 0 Å². The van der Waals surface area contributed by atoms with Gasteiger partial charge in [-0.3, -0.25) is 0 Å². The first-order valence-corrected chi connectivity index (χ1v) is 9.43. The predicted molar refractivity (Wildman–Crippen MR) is 96.8 cm³/mol. The third-order valence-corrected chi connectivity index (χ3v) is 4.53. The maximum atomic E-state index is 6.09. The molecule has 0 saturated heterocycles. The molecule has 0 aromatic carbocycles. The molecule has 0 N–H and O–H groups in total. The molecule has 0 radical (unpaired) electrons. The van der Waals surface area contributed by atoms with Crippen LogP contribution in [0, 0.1) is 17.8 Å². The number of hydrogen-bond donors (Lipinski definition) is 0. The molecule has 1 fully saturated rings. The Morgan fingerprint density at radius 3 is 2.39 bits per heavy atom. The lowest BCUT2D eigenvalue weighted by atomic mass is 9.78. The van der Waals surface area contributed by atoms with Crippen LogP contribution in [0.1, 0.15) is 59.8 Å². The molecule has 0 heterocycles. The molecule has 0 bridgehead atoms. The van der Waals surface area contributed by atoms with Crippen molar-refractivity contribution in [3.05, 3.63) is 12.2 Å². The van der Waals surface area contributed by atoms with Crippen LogP contribution in [0.4, 0.5) is 0 Å². The normalized spacial score (nSPS) is 25.0. The molecular weight excluding hydrogens is 288 g/mol. The lowest BCUT2D eigenvalue weighted by Crippen LogP contribution is -2.32. The summed E-state index contributed by atoms with van der Waals surface area (Å²) in [6.45, 7) is 16.8. The molecule has 3 unspecified atom stereocenters. The highest BCUT2D eigenvalue weighted by Gasteiger charge is 2.29. The predicted octanol–water partition coefficient (Wildman–Crippen LogP) is 4.85. The van der Waals surface area contributed by atoms with Crippen LogP contribution < -0.4 is 0 Å². The molecule has 3 heteroatoms. The molecule has 3 atom stereocenters. The van der Waals surface area contributed by atoms with Crippen molar-refractivity contribution in [2.45, 2.75) is 65.9 Å². The zero-order valence-corrected chi connectivity index (χ0v) is 15.8. The van der Waals surface area contributed by atoms with E-state index in [9.17, 15) is 0 Å². The fourth-order valence-corrected chi connectivity index (χ4v) is 3.16. The van der Waals surface area contributed by atoms with E-state index in [-0.39, 0.29) is 0 Å². The molecule has 1 aliphatic carbocycles. The minimum absolute atomic E-state index is 0.337. The minimum atomic E-state index is 0.337. The molecule has 23 heavy (non-hydrogen) atoms. The first kappa shape index (κ1) is 20.7. The van der Waals surface area contributed by atoms with Crippen molar-refractivity contribution in [2.24, 2.45) is 17.8 Å². The smallest absolute Gasteiger partial charge is 0.0704 e. The van der Waals surface area contributed by atoms with Gasteiger partial charge in [0.2, 0.25) is 0 Å². The molecular formula is C20H38O3. The molecule has 1 aliphatic rings. The Morgan fingerprint density at radius 1 is 1.04 bits per heavy atom. The van der Waals surface area contributed by atoms with E-state index >= 15 is 0 Å². The Bertz CT molecular complexity index is 314. The Balaban J connectivity index is 2.00. The number of hydrogen-bond acceptors (Lipinski definition) is 3. The Kier molecular flexibility index (Phi) is 10.8. The van der Waals surface area contributed by atoms with Gasteiger partial charge in [-0.05, 0) is 50.9 Å². The summed E-state index contributed by atoms with van der Waals surface area (Å²) >= 11 is 0. The summed E-state index contributed by atoms with van der Waals surface area (Å²) < 4.78 is 17.3. The molecule has 1 saturated carbocycles. The zero-order valence-electron chi connectivity index (χ0n) is 15.8. The summed E-state index contributed by atoms with van der Waals surface area (Å²) in [4.78, 5) is 0. The van der Waals surface area contributed by atoms with Crippen LogP contribution in [0.5, 0.6) is 0 Å². The second-order valence-corrected chi connectivity index (χ2v) is 7.57. The SMILES string of the molecule is C=C(C)C1CCC(C)CC1OCCOCCCCOCC(C)C. The maximum Gasteiger partial charge on any atom is 0.0704 e. The van der Waals surface area contributed by atoms with Crippen molar-refractivity contribution in [3.8, 4) is 0 Å². The molecule has 0 aliphatic heterocycles. The van der Waals surface area contributed by atoms with Crippen LogP contribution in [-0.4, -0.2) is 39.1 Å². The van der Waals surface area contributed by atoms with E-state index < -0.39 is 0 Å². The first-order valence-electron chi connectivity index (χ1n) is 9.43. The molecule has 3 nitrogen and oxygen atoms in total. The monoisotopic (exact) mass is 326 g/mol. The average molecular weight is 327 g/mol. The third kappa shape index (κ3) is 9.49. The Morgan fingerprint density at radius 2 is 1.74 bits per heavy atom. The van der Waals surface area contributed by atoms with E-state index in [0.717, 1.165) is 45.0 Å². The van der Waals surface area contributed by atoms with E-state index in [1.54, 1.807) is 0 Å². The van der Waals surface area contributed by atoms with Crippen LogP contribution in [-0.2, 0) is 14.2 Å². The molecule has 136 valence electrons. The molecule has 1 rings (SSSR count). The van der Waals surface area contributed by atoms with E-state index in [1.807, 2.05) is 0 Å². The highest BCUT2D eigenvalue weighted by atomic mass is 16.5. The fraction of sp³-hybridized carbons (Fsp3) is 0.900. The number of rotatable bonds is 12. The van der Waals surface area contributed by atoms with Crippen molar-refractivity contribution in [1.29, 1.82) is 0 Å². The van der Waals surface area contributed by atoms with Gasteiger partial charge < -0.3 is 14.2 Å². The molecule has 0 spiro atoms. The summed E-state index contributed by atoms with van der Waals surface area (Å²) in [5, 5.41) is 0. The highest BCUT2D eigenvalue weighted by Crippen LogP contribution is 2.34. The van der Waals surface area contributed by atoms with Crippen molar-refractivity contribution >= 4 is 0 Å². The van der Waals surface area contributed by atoms with Crippen molar-refractivity contribution < 1.29 is 14.2 Å². The van der Waals surface area contributed by atoms with Crippen molar-refractivity contribution in [3.63, 3.8) is 0 Å². The van der Waals surface area contributed by atoms with E-state index in [1.165, 1.54) is 18.4 Å². The molecule has 0 amide bonds. The van der Waals surface area contributed by atoms with Gasteiger partial charge in [-0.1, -0.05) is 32.9 Å². The Labute approximate surface area is 143 Å². The van der Waals surface area contributed by atoms with Gasteiger partial charge in [-0.15, -0.1) is 0 Å². The second kappa shape index (κ2) is 12.0. The second-order valence-electron chi connectivity index (χ2n) is 7.57. The van der Waals surface area contributed by atoms with Crippen LogP contribution in [0.15, 0.2) is 12.2 Å². The van der Waals surface area contributed by atoms with Gasteiger partial charge in [-0.25, -0.2) is 0 Å². The number of ether oxygens (including phenoxy) is 3. The van der Waals surface area contributed by atoms with Crippen molar-refractivity contribution in [2.75, 3.05) is 33.0 Å². The van der Waals surface area contributed by atoms with Crippen LogP contribution in [0.3, 0.4) is 0 Å². The van der Waals surface area contributed by atoms with Gasteiger partial charge in [0, 0.05) is 25.7 Å². The lowest BCUT2D eigenvalue weighted by molar-refractivity contribution is -0.0391. The lowest BCUT2D eigenvalue weighted by Gasteiger charge is -2.35. The third-order valence-electron chi connectivity index (χ3n) is 4.53. The van der Waals surface area contributed by atoms with Crippen LogP contribution in [0.25, 0.3) is 0 Å². The highest BCUT2D eigenvalue weighted by molar-refractivity contribution is 5.02. The topological polar surface area (TPSA) is 27.7 Å². The van der Waals surface area contributed by atoms with Gasteiger partial charge in [-0.2, -0.15) is 0 Å². The first-order chi connectivity index (χ1) is 11.0. The molecule has 0 aromatic rings.